The molecule has 13 amide bonds. The predicted octanol–water partition coefficient (Wildman–Crippen LogP) is 1.36. The number of hydrogen-bond acceptors (Lipinski definition) is 31. The van der Waals surface area contributed by atoms with Crippen LogP contribution in [0.3, 0.4) is 0 Å². The van der Waals surface area contributed by atoms with Crippen LogP contribution >= 0.6 is 7.60 Å². The number of primary amides is 1. The van der Waals surface area contributed by atoms with Gasteiger partial charge in [-0.15, -0.1) is 0 Å². The topological polar surface area (TPSA) is 599 Å². The number of carbonyl (C=O) groups is 14. The van der Waals surface area contributed by atoms with Crippen molar-refractivity contribution in [3.05, 3.63) is 66.3 Å². The smallest absolute Gasteiger partial charge is 0.407 e. The summed E-state index contributed by atoms with van der Waals surface area (Å²) < 4.78 is 98.7. The van der Waals surface area contributed by atoms with Gasteiger partial charge in [0.05, 0.1) is 139 Å². The molecule has 796 valence electrons. The zero-order valence-electron chi connectivity index (χ0n) is 82.5. The van der Waals surface area contributed by atoms with Gasteiger partial charge in [-0.2, -0.15) is 0 Å². The zero-order valence-corrected chi connectivity index (χ0v) is 83.4. The Morgan fingerprint density at radius 2 is 1.29 bits per heavy atom. The molecule has 10 saturated heterocycles. The number of aliphatic hydroxyl groups is 1. The molecule has 13 rings (SSSR count). The number of unbranched alkanes of at least 4 members (excludes halogenated alkanes) is 1. The van der Waals surface area contributed by atoms with Crippen LogP contribution in [0.4, 0.5) is 15.3 Å². The van der Waals surface area contributed by atoms with Gasteiger partial charge in [0.2, 0.25) is 47.3 Å². The number of urea groups is 1. The van der Waals surface area contributed by atoms with Crippen LogP contribution in [0.1, 0.15) is 174 Å². The number of ketones is 1. The summed E-state index contributed by atoms with van der Waals surface area (Å²) in [6.07, 6.45) is 3.76. The lowest BCUT2D eigenvalue weighted by Gasteiger charge is -2.47. The first-order valence-corrected chi connectivity index (χ1v) is 52.0. The van der Waals surface area contributed by atoms with Crippen molar-refractivity contribution in [3.8, 4) is 0 Å². The van der Waals surface area contributed by atoms with Crippen molar-refractivity contribution >= 4 is 96.2 Å². The molecule has 25 atom stereocenters. The lowest BCUT2D eigenvalue weighted by molar-refractivity contribution is -0.268. The highest BCUT2D eigenvalue weighted by atomic mass is 31.2. The molecule has 0 aromatic heterocycles. The minimum Gasteiger partial charge on any atom is -0.464 e. The number of aliphatic hydroxyl groups excluding tert-OH is 1. The first-order valence-electron chi connectivity index (χ1n) is 50.2. The highest BCUT2D eigenvalue weighted by molar-refractivity contribution is 7.51. The maximum atomic E-state index is 14.7. The number of nitrogens with zero attached hydrogens (tertiary/aromatic N) is 2. The summed E-state index contributed by atoms with van der Waals surface area (Å²) in [7, 11) is 0.821. The number of anilines is 1. The number of alkyl carbamates (subject to hydrolysis) is 1. The van der Waals surface area contributed by atoms with E-state index in [0.717, 1.165) is 74.7 Å². The first-order chi connectivity index (χ1) is 68.3. The van der Waals surface area contributed by atoms with Crippen molar-refractivity contribution in [3.63, 3.8) is 0 Å². The normalized spacial score (nSPS) is 28.9. The summed E-state index contributed by atoms with van der Waals surface area (Å²) in [6.45, 7) is 14.6. The quantitative estimate of drug-likeness (QED) is 0.0144. The molecule has 15 N–H and O–H groups in total. The van der Waals surface area contributed by atoms with Gasteiger partial charge in [0.1, 0.15) is 67.0 Å². The average molecular weight is 2040 g/mol. The number of fused-ring (bicyclic) bond motifs is 6. The molecule has 46 heteroatoms. The SMILES string of the molecule is C=C1C[C@@H]2CC[C@@]34C[C@H]5O[C@@H]6[C@@H](O[C@H]7CC[C@H](CC(=O)C[C@@H]8[C@@H](OC)[C@@H](C[C@H](O)CNC(=O)OCc9ccc(NC(=O)[C@H](CCCNC(N)=O)NC(=O)[C@@H](NC(=O)[C@H](CC(=O)N[C@H]%10CCOC%10=O)NC(=O)[C@H](CCCCN(C)C)NC(=O)CCOCCOCCOCCOCCNC(=O)[C@H](CNC(=O)CCP(=O)(O)O)N%10C(=O)C=CC%10=O)C(C)C)cc9)O[C@H]8C[C@H]8O[C@@H](CC[C@@H]1O2)C[C@@H](C)C8=C)C[C@@H]7[C@@H]6O3)[C@H]5O4. The maximum absolute atomic E-state index is 14.7. The summed E-state index contributed by atoms with van der Waals surface area (Å²) in [5.41, 5.74) is 8.12. The molecule has 143 heavy (non-hydrogen) atoms. The largest absolute Gasteiger partial charge is 0.464 e. The summed E-state index contributed by atoms with van der Waals surface area (Å²) >= 11 is 0. The van der Waals surface area contributed by atoms with Crippen LogP contribution in [-0.2, 0) is 135 Å². The lowest BCUT2D eigenvalue weighted by Crippen LogP contribution is -2.60. The third kappa shape index (κ3) is 33.1. The summed E-state index contributed by atoms with van der Waals surface area (Å²) in [5.74, 6) is -10.5. The molecular weight excluding hydrogens is 1890 g/mol. The predicted molar refractivity (Wildman–Crippen MR) is 508 cm³/mol. The Balaban J connectivity index is 0.595. The fraction of sp³-hybridized carbons (Fsp3) is 0.732. The first kappa shape index (κ1) is 112. The maximum Gasteiger partial charge on any atom is 0.407 e. The van der Waals surface area contributed by atoms with E-state index < -0.39 is 189 Å². The molecule has 0 unspecified atom stereocenters. The molecule has 12 bridgehead atoms. The van der Waals surface area contributed by atoms with Gasteiger partial charge in [0.15, 0.2) is 5.79 Å². The number of nitrogens with one attached hydrogen (secondary N) is 10. The second-order valence-electron chi connectivity index (χ2n) is 39.7. The van der Waals surface area contributed by atoms with Crippen LogP contribution in [0.15, 0.2) is 60.7 Å². The second-order valence-corrected chi connectivity index (χ2v) is 41.5. The Bertz CT molecular complexity index is 4650. The third-order valence-corrected chi connectivity index (χ3v) is 29.1. The van der Waals surface area contributed by atoms with Crippen molar-refractivity contribution in [2.75, 3.05) is 125 Å². The number of ether oxygens (including phenoxy) is 14. The Hall–Kier alpha value is -9.39. The van der Waals surface area contributed by atoms with E-state index in [-0.39, 0.29) is 221 Å². The van der Waals surface area contributed by atoms with Gasteiger partial charge in [-0.3, -0.25) is 62.2 Å². The molecule has 12 aliphatic rings. The summed E-state index contributed by atoms with van der Waals surface area (Å²) in [4.78, 5) is 209. The zero-order chi connectivity index (χ0) is 103. The van der Waals surface area contributed by atoms with Crippen molar-refractivity contribution in [2.24, 2.45) is 35.3 Å². The lowest BCUT2D eigenvalue weighted by atomic mass is 9.71. The Morgan fingerprint density at radius 3 is 1.99 bits per heavy atom. The fourth-order valence-electron chi connectivity index (χ4n) is 20.8. The standard InChI is InChI=1S/C97H146N13O32P/c1-54(2)83(108-91(120)70(48-80(115)105-69-25-33-134-94(69)123)107-90(119)67(12-9-10-31-109(6)7)104-79(114)26-32-130-35-37-132-39-40-133-38-36-131-34-30-99-92(121)71(110-81(116)22-23-82(110)117)52-101-78(113)27-41-143(126,127)128)93(122)106-68(13-11-29-100-95(98)124)89(118)103-60-17-14-58(15-18-60)53-135-96(125)102-51-62(112)47-76-84(129-8)66-46-61(111)44-59-16-20-73-65(45-59)85-87-88(139-73)86-77(140-87)50-97(141-85,142-86)28-24-64-43-56(4)72(136-64)21-19-63-42-55(3)57(5)74(137-63)49-75(66)138-76/h14-15,17-18,22-23,54-55,59,62-77,83-88,112H,4-5,9-13,16,19-21,24-53H2,1-3,6-8H3,(H,99,121)(H,101,113)(H,102,125)(H,103,118)(H,104,114)(H,105,115)(H,106,122)(H,107,119)(H,108,120)(H3,98,100,124)(H2,126,127,128)/t55-,59-,62+,63+,64+,65+,66+,67+,68+,69+,70+,71+,72+,73+,74-,75+,76-,77-,83+,84-,85+,86+,87+,88+,97-/m1/s1. The average Bonchev–Trinajstić information content (AvgIpc) is 1.54. The van der Waals surface area contributed by atoms with Gasteiger partial charge in [-0.25, -0.2) is 14.4 Å². The van der Waals surface area contributed by atoms with E-state index >= 15 is 0 Å². The number of methoxy groups -OCH3 is 1. The number of rotatable bonds is 51. The molecule has 1 aromatic carbocycles. The minimum atomic E-state index is -4.49. The van der Waals surface area contributed by atoms with Crippen LogP contribution in [-0.4, -0.2) is 355 Å². The number of cyclic esters (lactones) is 1. The molecule has 11 aliphatic heterocycles. The number of nitrogens with two attached hydrogens (primary N) is 1. The summed E-state index contributed by atoms with van der Waals surface area (Å²) in [6, 6.07) is -2.89. The van der Waals surface area contributed by atoms with E-state index in [1.807, 2.05) is 19.0 Å². The van der Waals surface area contributed by atoms with Crippen LogP contribution in [0.5, 0.6) is 0 Å². The van der Waals surface area contributed by atoms with Gasteiger partial charge in [-0.1, -0.05) is 46.1 Å². The van der Waals surface area contributed by atoms with Gasteiger partial charge < -0.3 is 145 Å². The van der Waals surface area contributed by atoms with E-state index in [9.17, 15) is 76.8 Å². The monoisotopic (exact) mass is 2040 g/mol. The highest BCUT2D eigenvalue weighted by Gasteiger charge is 2.68. The highest BCUT2D eigenvalue weighted by Crippen LogP contribution is 2.57. The van der Waals surface area contributed by atoms with Crippen molar-refractivity contribution < 1.29 is 153 Å². The third-order valence-electron chi connectivity index (χ3n) is 28.2. The Labute approximate surface area is 832 Å². The van der Waals surface area contributed by atoms with Crippen molar-refractivity contribution in [1.29, 1.82) is 0 Å². The van der Waals surface area contributed by atoms with Crippen LogP contribution in [0.2, 0.25) is 0 Å². The molecule has 45 nitrogen and oxygen atoms in total. The number of benzene rings is 1. The molecule has 1 spiro atoms. The van der Waals surface area contributed by atoms with E-state index in [0.29, 0.717) is 55.5 Å². The van der Waals surface area contributed by atoms with Gasteiger partial charge >= 0.3 is 25.7 Å². The number of amides is 13. The van der Waals surface area contributed by atoms with Gasteiger partial charge in [0, 0.05) is 121 Å². The van der Waals surface area contributed by atoms with E-state index in [2.05, 4.69) is 73.2 Å². The molecule has 11 fully saturated rings. The van der Waals surface area contributed by atoms with Gasteiger partial charge in [0.25, 0.3) is 11.8 Å². The number of carbonyl (C=O) groups excluding carboxylic acids is 14. The Kier molecular flexibility index (Phi) is 42.3. The number of esters is 1. The van der Waals surface area contributed by atoms with E-state index in [1.54, 1.807) is 33.1 Å². The van der Waals surface area contributed by atoms with Crippen LogP contribution < -0.4 is 58.9 Å². The van der Waals surface area contributed by atoms with Crippen LogP contribution in [0, 0.1) is 29.6 Å². The molecule has 11 heterocycles. The van der Waals surface area contributed by atoms with Crippen molar-refractivity contribution in [2.45, 2.75) is 303 Å². The van der Waals surface area contributed by atoms with Crippen molar-refractivity contribution in [1.82, 2.24) is 57.7 Å². The number of imide groups is 1. The summed E-state index contributed by atoms with van der Waals surface area (Å²) in [5, 5.41) is 37.7. The molecule has 1 saturated carbocycles. The molecular formula is C97H146N13O32P. The number of Topliss-reactive ketones (excluding diaryl/α,β-unsaturated/α-hetero) is 1. The number of hydrogen-bond donors (Lipinski definition) is 14. The minimum absolute atomic E-state index is 0.00417. The van der Waals surface area contributed by atoms with Gasteiger partial charge in [-0.05, 0) is 151 Å². The van der Waals surface area contributed by atoms with E-state index in [1.165, 1.54) is 12.1 Å². The van der Waals surface area contributed by atoms with E-state index in [4.69, 9.17) is 81.8 Å². The second kappa shape index (κ2) is 53.8. The Morgan fingerprint density at radius 1 is 0.622 bits per heavy atom. The molecule has 1 aliphatic carbocycles. The van der Waals surface area contributed by atoms with Crippen LogP contribution in [0.25, 0.3) is 0 Å². The molecule has 1 aromatic rings. The molecule has 0 radical (unpaired) electrons. The fourth-order valence-corrected chi connectivity index (χ4v) is 21.3.